The molecule has 1 aliphatic rings. The summed E-state index contributed by atoms with van der Waals surface area (Å²) in [5, 5.41) is 13.8. The molecule has 0 saturated carbocycles. The van der Waals surface area contributed by atoms with Crippen LogP contribution in [0.15, 0.2) is 45.6 Å². The van der Waals surface area contributed by atoms with Crippen LogP contribution in [0.25, 0.3) is 11.1 Å². The van der Waals surface area contributed by atoms with Gasteiger partial charge >= 0.3 is 5.76 Å². The number of aryl methyl sites for hydroxylation is 3. The molecule has 0 radical (unpaired) electrons. The van der Waals surface area contributed by atoms with E-state index in [-0.39, 0.29) is 36.1 Å². The largest absolute Gasteiger partial charge is 0.419 e. The number of hydrogen-bond donors (Lipinski definition) is 1. The monoisotopic (exact) mass is 484 g/mol. The first-order chi connectivity index (χ1) is 16.2. The van der Waals surface area contributed by atoms with Crippen molar-refractivity contribution >= 4 is 46.1 Å². The van der Waals surface area contributed by atoms with E-state index in [9.17, 15) is 24.5 Å². The molecule has 0 spiro atoms. The Morgan fingerprint density at radius 2 is 2.00 bits per heavy atom. The maximum absolute atomic E-state index is 12.9. The van der Waals surface area contributed by atoms with E-state index in [1.165, 1.54) is 34.5 Å². The van der Waals surface area contributed by atoms with Gasteiger partial charge in [0, 0.05) is 30.5 Å². The molecule has 2 aromatic carbocycles. The molecule has 178 valence electrons. The van der Waals surface area contributed by atoms with Crippen LogP contribution in [-0.2, 0) is 16.1 Å². The lowest BCUT2D eigenvalue weighted by molar-refractivity contribution is -0.384. The molecule has 1 unspecified atom stereocenters. The summed E-state index contributed by atoms with van der Waals surface area (Å²) < 4.78 is 6.48. The van der Waals surface area contributed by atoms with Gasteiger partial charge in [-0.15, -0.1) is 11.8 Å². The van der Waals surface area contributed by atoms with Gasteiger partial charge in [0.25, 0.3) is 5.69 Å². The quantitative estimate of drug-likeness (QED) is 0.402. The number of thioether (sulfide) groups is 1. The summed E-state index contributed by atoms with van der Waals surface area (Å²) >= 11 is 1.52. The van der Waals surface area contributed by atoms with Gasteiger partial charge in [0.1, 0.15) is 6.04 Å². The Morgan fingerprint density at radius 1 is 1.21 bits per heavy atom. The molecule has 2 heterocycles. The number of fused-ring (bicyclic) bond motifs is 1. The fourth-order valence-electron chi connectivity index (χ4n) is 3.86. The number of carbonyl (C=O) groups is 2. The van der Waals surface area contributed by atoms with Crippen molar-refractivity contribution in [2.75, 3.05) is 16.9 Å². The minimum absolute atomic E-state index is 0.129. The van der Waals surface area contributed by atoms with Crippen molar-refractivity contribution in [3.8, 4) is 0 Å². The number of non-ortho nitro benzene ring substituents is 1. The molecular weight excluding hydrogens is 460 g/mol. The van der Waals surface area contributed by atoms with Crippen LogP contribution in [0.5, 0.6) is 0 Å². The van der Waals surface area contributed by atoms with Crippen LogP contribution in [0.3, 0.4) is 0 Å². The molecule has 2 amide bonds. The van der Waals surface area contributed by atoms with Crippen LogP contribution in [0.4, 0.5) is 11.4 Å². The molecule has 1 fully saturated rings. The third kappa shape index (κ3) is 4.84. The van der Waals surface area contributed by atoms with E-state index in [0.717, 1.165) is 11.1 Å². The standard InChI is InChI=1S/C23H24N4O6S/c1-14-5-6-16(10-15(14)2)24-22(29)19-12-34-13-26(19)21(28)4-3-9-25-18-8-7-17(27(31)32)11-20(18)33-23(25)30/h5-8,10-11,19H,3-4,9,12-13H2,1-2H3,(H,24,29). The highest BCUT2D eigenvalue weighted by molar-refractivity contribution is 7.99. The molecular formula is C23H24N4O6S. The maximum atomic E-state index is 12.9. The molecule has 3 aromatic rings. The lowest BCUT2D eigenvalue weighted by Gasteiger charge is -2.23. The van der Waals surface area contributed by atoms with Crippen molar-refractivity contribution in [3.05, 3.63) is 68.2 Å². The highest BCUT2D eigenvalue weighted by atomic mass is 32.2. The minimum atomic E-state index is -0.634. The number of rotatable bonds is 7. The number of nitrogens with one attached hydrogen (secondary N) is 1. The fraction of sp³-hybridized carbons (Fsp3) is 0.348. The zero-order chi connectivity index (χ0) is 24.4. The van der Waals surface area contributed by atoms with Gasteiger partial charge in [-0.1, -0.05) is 6.07 Å². The number of hydrogen-bond acceptors (Lipinski definition) is 7. The van der Waals surface area contributed by atoms with Gasteiger partial charge in [-0.2, -0.15) is 0 Å². The van der Waals surface area contributed by atoms with Crippen molar-refractivity contribution in [1.82, 2.24) is 9.47 Å². The topological polar surface area (TPSA) is 128 Å². The average molecular weight is 485 g/mol. The van der Waals surface area contributed by atoms with Crippen molar-refractivity contribution in [2.45, 2.75) is 39.3 Å². The molecule has 1 saturated heterocycles. The Morgan fingerprint density at radius 3 is 2.74 bits per heavy atom. The van der Waals surface area contributed by atoms with Crippen LogP contribution in [0.1, 0.15) is 24.0 Å². The third-order valence-electron chi connectivity index (χ3n) is 5.91. The van der Waals surface area contributed by atoms with Gasteiger partial charge in [0.05, 0.1) is 22.4 Å². The zero-order valence-electron chi connectivity index (χ0n) is 18.8. The third-order valence-corrected chi connectivity index (χ3v) is 6.93. The number of amides is 2. The number of oxazole rings is 1. The molecule has 1 aromatic heterocycles. The predicted molar refractivity (Wildman–Crippen MR) is 129 cm³/mol. The molecule has 1 N–H and O–H groups in total. The molecule has 0 bridgehead atoms. The van der Waals surface area contributed by atoms with E-state index in [4.69, 9.17) is 4.42 Å². The summed E-state index contributed by atoms with van der Waals surface area (Å²) in [5.74, 6) is -0.0675. The van der Waals surface area contributed by atoms with E-state index < -0.39 is 16.7 Å². The van der Waals surface area contributed by atoms with Crippen molar-refractivity contribution in [1.29, 1.82) is 0 Å². The number of anilines is 1. The number of aromatic nitrogens is 1. The predicted octanol–water partition coefficient (Wildman–Crippen LogP) is 3.44. The van der Waals surface area contributed by atoms with E-state index in [2.05, 4.69) is 5.32 Å². The Bertz CT molecular complexity index is 1330. The summed E-state index contributed by atoms with van der Waals surface area (Å²) in [7, 11) is 0. The van der Waals surface area contributed by atoms with Crippen LogP contribution in [0, 0.1) is 24.0 Å². The number of nitrogens with zero attached hydrogens (tertiary/aromatic N) is 3. The number of carbonyl (C=O) groups excluding carboxylic acids is 2. The van der Waals surface area contributed by atoms with Gasteiger partial charge in [-0.3, -0.25) is 24.3 Å². The number of nitro benzene ring substituents is 1. The number of benzene rings is 2. The van der Waals surface area contributed by atoms with Gasteiger partial charge in [0.15, 0.2) is 5.58 Å². The Kier molecular flexibility index (Phi) is 6.73. The second kappa shape index (κ2) is 9.72. The summed E-state index contributed by atoms with van der Waals surface area (Å²) in [6.07, 6.45) is 0.511. The minimum Gasteiger partial charge on any atom is -0.407 e. The van der Waals surface area contributed by atoms with E-state index in [0.29, 0.717) is 29.3 Å². The summed E-state index contributed by atoms with van der Waals surface area (Å²) in [6.45, 7) is 4.19. The molecule has 1 aliphatic heterocycles. The number of nitro groups is 1. The van der Waals surface area contributed by atoms with Gasteiger partial charge < -0.3 is 14.6 Å². The smallest absolute Gasteiger partial charge is 0.407 e. The maximum Gasteiger partial charge on any atom is 0.419 e. The zero-order valence-corrected chi connectivity index (χ0v) is 19.6. The van der Waals surface area contributed by atoms with Gasteiger partial charge in [-0.05, 0) is 49.6 Å². The molecule has 0 aliphatic carbocycles. The Hall–Kier alpha value is -3.60. The van der Waals surface area contributed by atoms with Crippen LogP contribution in [-0.4, -0.2) is 43.9 Å². The van der Waals surface area contributed by atoms with Crippen LogP contribution >= 0.6 is 11.8 Å². The first-order valence-electron chi connectivity index (χ1n) is 10.8. The lowest BCUT2D eigenvalue weighted by atomic mass is 10.1. The van der Waals surface area contributed by atoms with Crippen LogP contribution in [0.2, 0.25) is 0 Å². The molecule has 4 rings (SSSR count). The highest BCUT2D eigenvalue weighted by Gasteiger charge is 2.34. The van der Waals surface area contributed by atoms with Crippen molar-refractivity contribution in [2.24, 2.45) is 0 Å². The lowest BCUT2D eigenvalue weighted by Crippen LogP contribution is -2.44. The first-order valence-corrected chi connectivity index (χ1v) is 11.9. The van der Waals surface area contributed by atoms with E-state index >= 15 is 0 Å². The molecule has 34 heavy (non-hydrogen) atoms. The first kappa shape index (κ1) is 23.6. The van der Waals surface area contributed by atoms with E-state index in [1.54, 1.807) is 4.90 Å². The molecule has 1 atom stereocenters. The summed E-state index contributed by atoms with van der Waals surface area (Å²) in [5.41, 5.74) is 3.30. The molecule has 11 heteroatoms. The summed E-state index contributed by atoms with van der Waals surface area (Å²) in [6, 6.07) is 9.11. The second-order valence-electron chi connectivity index (χ2n) is 8.20. The highest BCUT2D eigenvalue weighted by Crippen LogP contribution is 2.25. The fourth-order valence-corrected chi connectivity index (χ4v) is 5.04. The van der Waals surface area contributed by atoms with Gasteiger partial charge in [0.2, 0.25) is 11.8 Å². The van der Waals surface area contributed by atoms with Crippen LogP contribution < -0.4 is 11.1 Å². The SMILES string of the molecule is Cc1ccc(NC(=O)C2CSCN2C(=O)CCCn2c(=O)oc3cc([N+](=O)[O-])ccc32)cc1C. The summed E-state index contributed by atoms with van der Waals surface area (Å²) in [4.78, 5) is 49.8. The normalized spacial score (nSPS) is 15.6. The second-order valence-corrected chi connectivity index (χ2v) is 9.20. The van der Waals surface area contributed by atoms with Gasteiger partial charge in [-0.25, -0.2) is 4.79 Å². The average Bonchev–Trinajstić information content (AvgIpc) is 3.40. The van der Waals surface area contributed by atoms with E-state index in [1.807, 2.05) is 32.0 Å². The Labute approximate surface area is 199 Å². The Balaban J connectivity index is 1.37. The van der Waals surface area contributed by atoms with Crippen molar-refractivity contribution in [3.63, 3.8) is 0 Å². The van der Waals surface area contributed by atoms with Crippen molar-refractivity contribution < 1.29 is 18.9 Å². The molecule has 10 nitrogen and oxygen atoms in total.